The lowest BCUT2D eigenvalue weighted by Gasteiger charge is -2.27. The summed E-state index contributed by atoms with van der Waals surface area (Å²) < 4.78 is 0. The molecule has 4 heteroatoms. The van der Waals surface area contributed by atoms with Gasteiger partial charge in [-0.05, 0) is 41.7 Å². The summed E-state index contributed by atoms with van der Waals surface area (Å²) in [6, 6.07) is 18.9. The first-order valence-electron chi connectivity index (χ1n) is 8.86. The lowest BCUT2D eigenvalue weighted by Crippen LogP contribution is -2.31. The molecule has 4 nitrogen and oxygen atoms in total. The molecule has 5 rings (SSSR count). The second-order valence-corrected chi connectivity index (χ2v) is 7.10. The zero-order valence-electron chi connectivity index (χ0n) is 14.3. The molecule has 26 heavy (non-hydrogen) atoms. The molecule has 0 aliphatic heterocycles. The molecule has 2 heterocycles. The van der Waals surface area contributed by atoms with E-state index in [9.17, 15) is 5.11 Å². The number of hydrogen-bond donors (Lipinski definition) is 2. The Bertz CT molecular complexity index is 1070. The van der Waals surface area contributed by atoms with E-state index in [4.69, 9.17) is 0 Å². The molecule has 128 valence electrons. The third-order valence-corrected chi connectivity index (χ3v) is 5.58. The van der Waals surface area contributed by atoms with Gasteiger partial charge in [0.05, 0.1) is 12.3 Å². The molecule has 0 fully saturated rings. The molecule has 2 N–H and O–H groups in total. The average molecular weight is 341 g/mol. The number of aromatic amines is 1. The monoisotopic (exact) mass is 341 g/mol. The number of nitrogens with one attached hydrogen (secondary N) is 1. The highest BCUT2D eigenvalue weighted by molar-refractivity contribution is 5.90. The number of H-pyrrole nitrogens is 1. The van der Waals surface area contributed by atoms with Crippen LogP contribution in [0.25, 0.3) is 22.3 Å². The largest absolute Gasteiger partial charge is 0.395 e. The van der Waals surface area contributed by atoms with Gasteiger partial charge in [0.1, 0.15) is 12.0 Å². The van der Waals surface area contributed by atoms with Crippen molar-refractivity contribution in [1.82, 2.24) is 15.0 Å². The molecule has 4 aromatic rings. The van der Waals surface area contributed by atoms with Crippen molar-refractivity contribution < 1.29 is 5.11 Å². The SMILES string of the molecule is OCC1(c2cccc(-c3ncnc4[nH]ccc34)c2)Cc2ccccc2C1. The number of benzene rings is 2. The Morgan fingerprint density at radius 2 is 1.77 bits per heavy atom. The number of rotatable bonds is 3. The number of aliphatic hydroxyl groups is 1. The topological polar surface area (TPSA) is 61.8 Å². The summed E-state index contributed by atoms with van der Waals surface area (Å²) in [6.45, 7) is 0.133. The van der Waals surface area contributed by atoms with E-state index in [2.05, 4.69) is 63.5 Å². The lowest BCUT2D eigenvalue weighted by molar-refractivity contribution is 0.199. The van der Waals surface area contributed by atoms with Crippen LogP contribution >= 0.6 is 0 Å². The Morgan fingerprint density at radius 1 is 0.962 bits per heavy atom. The molecule has 0 radical (unpaired) electrons. The molecular formula is C22H19N3O. The van der Waals surface area contributed by atoms with Gasteiger partial charge in [0.2, 0.25) is 0 Å². The molecule has 1 aliphatic rings. The molecule has 0 unspecified atom stereocenters. The summed E-state index contributed by atoms with van der Waals surface area (Å²) in [5, 5.41) is 11.3. The summed E-state index contributed by atoms with van der Waals surface area (Å²) in [6.07, 6.45) is 5.21. The van der Waals surface area contributed by atoms with Gasteiger partial charge in [0.25, 0.3) is 0 Å². The quantitative estimate of drug-likeness (QED) is 0.598. The van der Waals surface area contributed by atoms with Gasteiger partial charge in [-0.1, -0.05) is 42.5 Å². The minimum Gasteiger partial charge on any atom is -0.395 e. The maximum absolute atomic E-state index is 10.3. The van der Waals surface area contributed by atoms with Crippen LogP contribution in [0, 0.1) is 0 Å². The minimum absolute atomic E-state index is 0.133. The van der Waals surface area contributed by atoms with E-state index < -0.39 is 0 Å². The van der Waals surface area contributed by atoms with E-state index in [1.165, 1.54) is 11.1 Å². The van der Waals surface area contributed by atoms with Crippen molar-refractivity contribution in [2.24, 2.45) is 0 Å². The summed E-state index contributed by atoms with van der Waals surface area (Å²) in [7, 11) is 0. The van der Waals surface area contributed by atoms with Crippen LogP contribution in [0.3, 0.4) is 0 Å². The fraction of sp³-hybridized carbons (Fsp3) is 0.182. The van der Waals surface area contributed by atoms with Crippen LogP contribution in [-0.2, 0) is 18.3 Å². The molecule has 0 spiro atoms. The van der Waals surface area contributed by atoms with E-state index in [1.807, 2.05) is 12.3 Å². The number of aromatic nitrogens is 3. The normalized spacial score (nSPS) is 15.3. The van der Waals surface area contributed by atoms with Crippen molar-refractivity contribution in [3.8, 4) is 11.3 Å². The fourth-order valence-corrected chi connectivity index (χ4v) is 4.20. The van der Waals surface area contributed by atoms with Crippen molar-refractivity contribution in [3.05, 3.63) is 83.8 Å². The molecule has 0 bridgehead atoms. The Hall–Kier alpha value is -2.98. The zero-order chi connectivity index (χ0) is 17.6. The third-order valence-electron chi connectivity index (χ3n) is 5.58. The fourth-order valence-electron chi connectivity index (χ4n) is 4.20. The van der Waals surface area contributed by atoms with Gasteiger partial charge < -0.3 is 10.1 Å². The van der Waals surface area contributed by atoms with Crippen molar-refractivity contribution >= 4 is 11.0 Å². The highest BCUT2D eigenvalue weighted by Crippen LogP contribution is 2.40. The first-order valence-corrected chi connectivity index (χ1v) is 8.86. The van der Waals surface area contributed by atoms with Gasteiger partial charge in [-0.15, -0.1) is 0 Å². The van der Waals surface area contributed by atoms with E-state index in [-0.39, 0.29) is 12.0 Å². The highest BCUT2D eigenvalue weighted by atomic mass is 16.3. The molecule has 0 amide bonds. The summed E-state index contributed by atoms with van der Waals surface area (Å²) >= 11 is 0. The van der Waals surface area contributed by atoms with Crippen molar-refractivity contribution in [2.75, 3.05) is 6.61 Å². The maximum Gasteiger partial charge on any atom is 0.141 e. The average Bonchev–Trinajstić information content (AvgIpc) is 3.32. The standard InChI is InChI=1S/C22H19N3O/c26-13-22(11-16-4-1-2-5-17(16)12-22)18-7-3-6-15(10-18)20-19-8-9-23-21(19)25-14-24-20/h1-10,14,26H,11-13H2,(H,23,24,25). The molecule has 0 saturated heterocycles. The van der Waals surface area contributed by atoms with Gasteiger partial charge in [-0.3, -0.25) is 0 Å². The van der Waals surface area contributed by atoms with Crippen LogP contribution in [-0.4, -0.2) is 26.7 Å². The minimum atomic E-state index is -0.260. The summed E-state index contributed by atoms with van der Waals surface area (Å²) in [5.74, 6) is 0. The number of aliphatic hydroxyl groups excluding tert-OH is 1. The molecular weight excluding hydrogens is 322 g/mol. The van der Waals surface area contributed by atoms with Gasteiger partial charge in [0, 0.05) is 22.6 Å². The predicted molar refractivity (Wildman–Crippen MR) is 102 cm³/mol. The van der Waals surface area contributed by atoms with Gasteiger partial charge in [-0.2, -0.15) is 0 Å². The van der Waals surface area contributed by atoms with Crippen LogP contribution in [0.1, 0.15) is 16.7 Å². The van der Waals surface area contributed by atoms with E-state index >= 15 is 0 Å². The van der Waals surface area contributed by atoms with Gasteiger partial charge in [-0.25, -0.2) is 9.97 Å². The zero-order valence-corrected chi connectivity index (χ0v) is 14.3. The van der Waals surface area contributed by atoms with Crippen molar-refractivity contribution in [1.29, 1.82) is 0 Å². The van der Waals surface area contributed by atoms with Crippen LogP contribution in [0.4, 0.5) is 0 Å². The van der Waals surface area contributed by atoms with Crippen LogP contribution in [0.2, 0.25) is 0 Å². The van der Waals surface area contributed by atoms with Crippen molar-refractivity contribution in [2.45, 2.75) is 18.3 Å². The second-order valence-electron chi connectivity index (χ2n) is 7.10. The van der Waals surface area contributed by atoms with Gasteiger partial charge >= 0.3 is 0 Å². The number of nitrogens with zero attached hydrogens (tertiary/aromatic N) is 2. The predicted octanol–water partition coefficient (Wildman–Crippen LogP) is 3.65. The Kier molecular flexibility index (Phi) is 3.40. The first-order chi connectivity index (χ1) is 12.8. The van der Waals surface area contributed by atoms with Crippen LogP contribution in [0.5, 0.6) is 0 Å². The lowest BCUT2D eigenvalue weighted by atomic mass is 9.78. The van der Waals surface area contributed by atoms with Crippen LogP contribution < -0.4 is 0 Å². The molecule has 2 aromatic carbocycles. The Morgan fingerprint density at radius 3 is 2.54 bits per heavy atom. The Labute approximate surface area is 151 Å². The summed E-state index contributed by atoms with van der Waals surface area (Å²) in [5.41, 5.74) is 6.38. The summed E-state index contributed by atoms with van der Waals surface area (Å²) in [4.78, 5) is 11.9. The maximum atomic E-state index is 10.3. The molecule has 2 aromatic heterocycles. The smallest absolute Gasteiger partial charge is 0.141 e. The Balaban J connectivity index is 1.61. The van der Waals surface area contributed by atoms with Crippen LogP contribution in [0.15, 0.2) is 67.1 Å². The molecule has 1 aliphatic carbocycles. The first kappa shape index (κ1) is 15.3. The van der Waals surface area contributed by atoms with E-state index in [0.29, 0.717) is 0 Å². The van der Waals surface area contributed by atoms with Gasteiger partial charge in [0.15, 0.2) is 0 Å². The van der Waals surface area contributed by atoms with E-state index in [1.54, 1.807) is 6.33 Å². The third kappa shape index (κ3) is 2.26. The van der Waals surface area contributed by atoms with E-state index in [0.717, 1.165) is 40.7 Å². The number of fused-ring (bicyclic) bond motifs is 2. The van der Waals surface area contributed by atoms with Crippen molar-refractivity contribution in [3.63, 3.8) is 0 Å². The second kappa shape index (κ2) is 5.78. The highest BCUT2D eigenvalue weighted by Gasteiger charge is 2.38. The number of hydrogen-bond acceptors (Lipinski definition) is 3. The molecule has 0 saturated carbocycles. The molecule has 0 atom stereocenters.